The second kappa shape index (κ2) is 10.2. The van der Waals surface area contributed by atoms with Gasteiger partial charge < -0.3 is 20.9 Å². The number of hydrogen-bond acceptors (Lipinski definition) is 9. The zero-order chi connectivity index (χ0) is 26.2. The molecule has 1 saturated heterocycles. The lowest BCUT2D eigenvalue weighted by Gasteiger charge is -2.36. The van der Waals surface area contributed by atoms with Crippen LogP contribution in [0.5, 0.6) is 0 Å². The molecule has 2 aromatic carbocycles. The van der Waals surface area contributed by atoms with E-state index in [0.717, 1.165) is 59.2 Å². The second-order valence-corrected chi connectivity index (χ2v) is 12.2. The lowest BCUT2D eigenvalue weighted by molar-refractivity contribution is 0.249. The van der Waals surface area contributed by atoms with Gasteiger partial charge in [0.15, 0.2) is 0 Å². The van der Waals surface area contributed by atoms with Gasteiger partial charge in [-0.2, -0.15) is 4.98 Å². The Morgan fingerprint density at radius 3 is 2.46 bits per heavy atom. The van der Waals surface area contributed by atoms with Crippen molar-refractivity contribution >= 4 is 60.4 Å². The van der Waals surface area contributed by atoms with Crippen molar-refractivity contribution in [1.82, 2.24) is 14.9 Å². The SMILES string of the molecule is CN(C)C1CCN(c2ccc(Nc3nc(N)c4scc(-c5cccc(NS(C)(=O)=O)c5)c4n3)cc2)CC1. The Morgan fingerprint density at radius 2 is 1.78 bits per heavy atom. The van der Waals surface area contributed by atoms with Crippen molar-refractivity contribution in [3.63, 3.8) is 0 Å². The molecule has 0 amide bonds. The second-order valence-electron chi connectivity index (χ2n) is 9.57. The molecule has 0 aliphatic carbocycles. The molecule has 37 heavy (non-hydrogen) atoms. The van der Waals surface area contributed by atoms with Gasteiger partial charge in [0.2, 0.25) is 16.0 Å². The van der Waals surface area contributed by atoms with Crippen molar-refractivity contribution < 1.29 is 8.42 Å². The summed E-state index contributed by atoms with van der Waals surface area (Å²) >= 11 is 1.46. The Labute approximate surface area is 221 Å². The first-order chi connectivity index (χ1) is 17.7. The van der Waals surface area contributed by atoms with Crippen molar-refractivity contribution in [1.29, 1.82) is 0 Å². The highest BCUT2D eigenvalue weighted by molar-refractivity contribution is 7.92. The van der Waals surface area contributed by atoms with Gasteiger partial charge in [0.25, 0.3) is 0 Å². The lowest BCUT2D eigenvalue weighted by Crippen LogP contribution is -2.41. The fourth-order valence-corrected chi connectivity index (χ4v) is 6.16. The minimum absolute atomic E-state index is 0.398. The molecule has 5 rings (SSSR count). The third kappa shape index (κ3) is 5.79. The molecule has 0 unspecified atom stereocenters. The Bertz CT molecular complexity index is 1510. The van der Waals surface area contributed by atoms with Crippen molar-refractivity contribution in [3.05, 3.63) is 53.9 Å². The average molecular weight is 538 g/mol. The Morgan fingerprint density at radius 1 is 1.05 bits per heavy atom. The lowest BCUT2D eigenvalue weighted by atomic mass is 10.0. The summed E-state index contributed by atoms with van der Waals surface area (Å²) < 4.78 is 26.6. The number of fused-ring (bicyclic) bond motifs is 1. The first-order valence-corrected chi connectivity index (χ1v) is 14.8. The van der Waals surface area contributed by atoms with Crippen molar-refractivity contribution in [2.24, 2.45) is 0 Å². The van der Waals surface area contributed by atoms with E-state index in [1.54, 1.807) is 18.2 Å². The van der Waals surface area contributed by atoms with Crippen LogP contribution in [0.3, 0.4) is 0 Å². The van der Waals surface area contributed by atoms with Crippen LogP contribution >= 0.6 is 11.3 Å². The van der Waals surface area contributed by atoms with Crippen LogP contribution in [-0.2, 0) is 10.0 Å². The summed E-state index contributed by atoms with van der Waals surface area (Å²) in [5, 5.41) is 5.25. The van der Waals surface area contributed by atoms with E-state index in [0.29, 0.717) is 23.5 Å². The number of thiophene rings is 1. The number of rotatable bonds is 7. The molecular weight excluding hydrogens is 506 g/mol. The molecular formula is C26H31N7O2S2. The predicted octanol–water partition coefficient (Wildman–Crippen LogP) is 4.59. The van der Waals surface area contributed by atoms with E-state index in [-0.39, 0.29) is 0 Å². The van der Waals surface area contributed by atoms with Crippen LogP contribution in [0.1, 0.15) is 12.8 Å². The highest BCUT2D eigenvalue weighted by Crippen LogP contribution is 2.37. The maximum absolute atomic E-state index is 11.7. The molecule has 2 aromatic heterocycles. The van der Waals surface area contributed by atoms with E-state index in [1.165, 1.54) is 17.0 Å². The fourth-order valence-electron chi connectivity index (χ4n) is 4.69. The summed E-state index contributed by atoms with van der Waals surface area (Å²) in [5.74, 6) is 0.809. The average Bonchev–Trinajstić information content (AvgIpc) is 3.28. The zero-order valence-electron chi connectivity index (χ0n) is 21.1. The van der Waals surface area contributed by atoms with Gasteiger partial charge >= 0.3 is 0 Å². The van der Waals surface area contributed by atoms with Crippen LogP contribution in [0, 0.1) is 0 Å². The van der Waals surface area contributed by atoms with Gasteiger partial charge in [0, 0.05) is 47.1 Å². The van der Waals surface area contributed by atoms with Crippen molar-refractivity contribution in [2.45, 2.75) is 18.9 Å². The largest absolute Gasteiger partial charge is 0.382 e. The smallest absolute Gasteiger partial charge is 0.229 e. The standard InChI is InChI=1S/C26H31N7O2S2/c1-32(2)20-11-13-33(14-12-20)21-9-7-18(8-10-21)28-26-29-23-22(16-36-24(23)25(27)30-26)17-5-4-6-19(15-17)31-37(3,34)35/h4-10,15-16,20,31H,11-14H2,1-3H3,(H3,27,28,29,30). The van der Waals surface area contributed by atoms with Crippen LogP contribution in [0.15, 0.2) is 53.9 Å². The highest BCUT2D eigenvalue weighted by atomic mass is 32.2. The third-order valence-electron chi connectivity index (χ3n) is 6.60. The van der Waals surface area contributed by atoms with Gasteiger partial charge in [0.05, 0.1) is 16.5 Å². The van der Waals surface area contributed by atoms with E-state index >= 15 is 0 Å². The molecule has 9 nitrogen and oxygen atoms in total. The predicted molar refractivity (Wildman–Crippen MR) is 154 cm³/mol. The molecule has 0 spiro atoms. The van der Waals surface area contributed by atoms with Crippen LogP contribution in [0.4, 0.5) is 28.8 Å². The normalized spacial score (nSPS) is 14.9. The van der Waals surface area contributed by atoms with E-state index < -0.39 is 10.0 Å². The summed E-state index contributed by atoms with van der Waals surface area (Å²) in [6.45, 7) is 2.10. The number of piperidine rings is 1. The number of nitrogens with two attached hydrogens (primary N) is 1. The Hall–Kier alpha value is -3.41. The number of nitrogen functional groups attached to an aromatic ring is 1. The monoisotopic (exact) mass is 537 g/mol. The molecule has 4 aromatic rings. The molecule has 0 radical (unpaired) electrons. The van der Waals surface area contributed by atoms with Gasteiger partial charge in [-0.25, -0.2) is 13.4 Å². The quantitative estimate of drug-likeness (QED) is 0.314. The maximum Gasteiger partial charge on any atom is 0.229 e. The number of aromatic nitrogens is 2. The third-order valence-corrected chi connectivity index (χ3v) is 8.20. The van der Waals surface area contributed by atoms with Gasteiger partial charge in [-0.05, 0) is 68.9 Å². The molecule has 4 N–H and O–H groups in total. The van der Waals surface area contributed by atoms with Crippen molar-refractivity contribution in [2.75, 3.05) is 54.1 Å². The molecule has 1 aliphatic heterocycles. The molecule has 194 valence electrons. The van der Waals surface area contributed by atoms with Gasteiger partial charge in [-0.1, -0.05) is 12.1 Å². The maximum atomic E-state index is 11.7. The number of hydrogen-bond donors (Lipinski definition) is 3. The summed E-state index contributed by atoms with van der Waals surface area (Å²) in [4.78, 5) is 14.0. The zero-order valence-corrected chi connectivity index (χ0v) is 22.7. The van der Waals surface area contributed by atoms with E-state index in [1.807, 2.05) is 23.6 Å². The molecule has 3 heterocycles. The van der Waals surface area contributed by atoms with Gasteiger partial charge in [-0.3, -0.25) is 4.72 Å². The summed E-state index contributed by atoms with van der Waals surface area (Å²) in [6.07, 6.45) is 3.46. The van der Waals surface area contributed by atoms with Crippen molar-refractivity contribution in [3.8, 4) is 11.1 Å². The van der Waals surface area contributed by atoms with Crippen LogP contribution in [0.2, 0.25) is 0 Å². The minimum atomic E-state index is -3.38. The first-order valence-electron chi connectivity index (χ1n) is 12.1. The van der Waals surface area contributed by atoms with E-state index in [9.17, 15) is 8.42 Å². The fraction of sp³-hybridized carbons (Fsp3) is 0.308. The number of nitrogens with zero attached hydrogens (tertiary/aromatic N) is 4. The summed E-state index contributed by atoms with van der Waals surface area (Å²) in [6, 6.07) is 16.2. The highest BCUT2D eigenvalue weighted by Gasteiger charge is 2.21. The van der Waals surface area contributed by atoms with Gasteiger partial charge in [0.1, 0.15) is 5.82 Å². The number of benzene rings is 2. The number of sulfonamides is 1. The Balaban J connectivity index is 1.36. The van der Waals surface area contributed by atoms with E-state index in [4.69, 9.17) is 10.7 Å². The molecule has 1 fully saturated rings. The van der Waals surface area contributed by atoms with Gasteiger partial charge in [-0.15, -0.1) is 11.3 Å². The number of anilines is 5. The Kier molecular flexibility index (Phi) is 6.93. The molecule has 0 atom stereocenters. The molecule has 0 bridgehead atoms. The minimum Gasteiger partial charge on any atom is -0.382 e. The van der Waals surface area contributed by atoms with Crippen LogP contribution in [-0.4, -0.2) is 62.8 Å². The number of nitrogens with one attached hydrogen (secondary N) is 2. The van der Waals surface area contributed by atoms with E-state index in [2.05, 4.69) is 51.1 Å². The first kappa shape index (κ1) is 25.2. The van der Waals surface area contributed by atoms with Crippen LogP contribution < -0.4 is 20.7 Å². The topological polar surface area (TPSA) is 116 Å². The summed E-state index contributed by atoms with van der Waals surface area (Å²) in [7, 11) is 0.927. The molecule has 0 saturated carbocycles. The van der Waals surface area contributed by atoms with Crippen LogP contribution in [0.25, 0.3) is 21.3 Å². The molecule has 1 aliphatic rings. The summed E-state index contributed by atoms with van der Waals surface area (Å²) in [5.41, 5.74) is 11.3. The molecule has 11 heteroatoms.